The molecule has 0 saturated carbocycles. The maximum absolute atomic E-state index is 12.8. The minimum absolute atomic E-state index is 0.0505. The van der Waals surface area contributed by atoms with E-state index in [2.05, 4.69) is 5.32 Å². The molecule has 0 fully saturated rings. The van der Waals surface area contributed by atoms with Crippen molar-refractivity contribution in [2.24, 2.45) is 7.05 Å². The fourth-order valence-corrected chi connectivity index (χ4v) is 4.11. The Kier molecular flexibility index (Phi) is 5.98. The van der Waals surface area contributed by atoms with Crippen LogP contribution in [0.1, 0.15) is 33.7 Å². The van der Waals surface area contributed by atoms with Crippen LogP contribution in [0.15, 0.2) is 29.2 Å². The minimum atomic E-state index is -4.52. The van der Waals surface area contributed by atoms with E-state index >= 15 is 0 Å². The zero-order chi connectivity index (χ0) is 22.2. The zero-order valence-corrected chi connectivity index (χ0v) is 17.2. The Morgan fingerprint density at radius 3 is 2.53 bits per heavy atom. The summed E-state index contributed by atoms with van der Waals surface area (Å²) in [5.41, 5.74) is 1.29. The summed E-state index contributed by atoms with van der Waals surface area (Å²) in [4.78, 5) is 37.1. The van der Waals surface area contributed by atoms with E-state index in [-0.39, 0.29) is 17.9 Å². The van der Waals surface area contributed by atoms with Gasteiger partial charge in [-0.2, -0.15) is 13.2 Å². The van der Waals surface area contributed by atoms with Crippen LogP contribution in [0, 0.1) is 13.8 Å². The first kappa shape index (κ1) is 21.9. The molecule has 0 spiro atoms. The Hall–Kier alpha value is -2.75. The molecule has 1 N–H and O–H groups in total. The van der Waals surface area contributed by atoms with Crippen molar-refractivity contribution in [1.29, 1.82) is 0 Å². The summed E-state index contributed by atoms with van der Waals surface area (Å²) in [7, 11) is 1.82. The molecule has 30 heavy (non-hydrogen) atoms. The van der Waals surface area contributed by atoms with Gasteiger partial charge in [-0.1, -0.05) is 0 Å². The van der Waals surface area contributed by atoms with Gasteiger partial charge < -0.3 is 14.6 Å². The normalized spacial score (nSPS) is 16.1. The van der Waals surface area contributed by atoms with Gasteiger partial charge in [0.1, 0.15) is 0 Å². The second-order valence-electron chi connectivity index (χ2n) is 6.94. The maximum Gasteiger partial charge on any atom is 0.416 e. The highest BCUT2D eigenvalue weighted by Crippen LogP contribution is 2.40. The lowest BCUT2D eigenvalue weighted by atomic mass is 10.1. The Morgan fingerprint density at radius 1 is 1.23 bits per heavy atom. The molecule has 0 aliphatic carbocycles. The van der Waals surface area contributed by atoms with Gasteiger partial charge in [0.25, 0.3) is 0 Å². The van der Waals surface area contributed by atoms with E-state index < -0.39 is 35.5 Å². The van der Waals surface area contributed by atoms with Crippen LogP contribution in [-0.4, -0.2) is 34.1 Å². The Bertz CT molecular complexity index is 1030. The number of hydrogen-bond acceptors (Lipinski definition) is 5. The van der Waals surface area contributed by atoms with E-state index in [9.17, 15) is 27.6 Å². The molecule has 2 heterocycles. The summed E-state index contributed by atoms with van der Waals surface area (Å²) in [5.74, 6) is -1.68. The van der Waals surface area contributed by atoms with Gasteiger partial charge in [0, 0.05) is 28.9 Å². The average Bonchev–Trinajstić information content (AvgIpc) is 2.93. The van der Waals surface area contributed by atoms with Crippen LogP contribution in [0.5, 0.6) is 0 Å². The number of ether oxygens (including phenoxy) is 1. The van der Waals surface area contributed by atoms with Crippen LogP contribution in [0.25, 0.3) is 0 Å². The molecule has 1 aromatic carbocycles. The summed E-state index contributed by atoms with van der Waals surface area (Å²) in [6.45, 7) is 3.19. The molecule has 0 bridgehead atoms. The van der Waals surface area contributed by atoms with Gasteiger partial charge in [-0.3, -0.25) is 14.4 Å². The first-order valence-corrected chi connectivity index (χ1v) is 9.86. The quantitative estimate of drug-likeness (QED) is 0.564. The number of benzene rings is 1. The number of halogens is 3. The van der Waals surface area contributed by atoms with Gasteiger partial charge in [0.05, 0.1) is 22.9 Å². The third-order valence-electron chi connectivity index (χ3n) is 4.92. The lowest BCUT2D eigenvalue weighted by Gasteiger charge is -2.24. The number of amides is 1. The molecule has 0 radical (unpaired) electrons. The smallest absolute Gasteiger partial charge is 0.416 e. The molecule has 160 valence electrons. The van der Waals surface area contributed by atoms with Crippen molar-refractivity contribution in [2.45, 2.75) is 36.6 Å². The van der Waals surface area contributed by atoms with Crippen LogP contribution in [0.3, 0.4) is 0 Å². The highest BCUT2D eigenvalue weighted by Gasteiger charge is 2.34. The number of thioether (sulfide) groups is 1. The van der Waals surface area contributed by atoms with Crippen molar-refractivity contribution in [3.63, 3.8) is 0 Å². The number of ketones is 1. The van der Waals surface area contributed by atoms with Gasteiger partial charge >= 0.3 is 12.1 Å². The predicted molar refractivity (Wildman–Crippen MR) is 105 cm³/mol. The highest BCUT2D eigenvalue weighted by molar-refractivity contribution is 8.01. The van der Waals surface area contributed by atoms with Crippen molar-refractivity contribution in [3.8, 4) is 0 Å². The van der Waals surface area contributed by atoms with Crippen molar-refractivity contribution in [2.75, 3.05) is 11.9 Å². The maximum atomic E-state index is 12.8. The lowest BCUT2D eigenvalue weighted by Crippen LogP contribution is -2.32. The molecule has 2 aromatic rings. The van der Waals surface area contributed by atoms with E-state index in [1.807, 2.05) is 18.5 Å². The average molecular weight is 440 g/mol. The molecule has 0 unspecified atom stereocenters. The summed E-state index contributed by atoms with van der Waals surface area (Å²) >= 11 is 0.983. The Labute approximate surface area is 174 Å². The molecule has 6 nitrogen and oxygen atoms in total. The molecular weight excluding hydrogens is 421 g/mol. The van der Waals surface area contributed by atoms with Gasteiger partial charge in [-0.15, -0.1) is 11.8 Å². The second-order valence-corrected chi connectivity index (χ2v) is 8.18. The molecule has 1 aliphatic heterocycles. The predicted octanol–water partition coefficient (Wildman–Crippen LogP) is 3.89. The lowest BCUT2D eigenvalue weighted by molar-refractivity contribution is -0.143. The number of carbonyl (C=O) groups is 3. The summed E-state index contributed by atoms with van der Waals surface area (Å²) in [6, 6.07) is 4.74. The van der Waals surface area contributed by atoms with Crippen LogP contribution in [-0.2, 0) is 27.5 Å². The van der Waals surface area contributed by atoms with E-state index in [0.29, 0.717) is 10.5 Å². The topological polar surface area (TPSA) is 77.4 Å². The number of esters is 1. The molecule has 3 rings (SSSR count). The standard InChI is InChI=1S/C20H19F3N2O4S/c1-10-6-13(11(2)25(10)3)15(26)9-29-18(27)8-17-19(28)24-14-7-12(20(21,22)23)4-5-16(14)30-17/h4-7,17H,8-9H2,1-3H3,(H,24,28)/t17-/m0/s1. The number of nitrogens with zero attached hydrogens (tertiary/aromatic N) is 1. The molecule has 1 atom stereocenters. The zero-order valence-electron chi connectivity index (χ0n) is 16.4. The SMILES string of the molecule is Cc1cc(C(=O)COC(=O)C[C@@H]2Sc3ccc(C(F)(F)F)cc3NC2=O)c(C)n1C. The highest BCUT2D eigenvalue weighted by atomic mass is 32.2. The fourth-order valence-electron chi connectivity index (χ4n) is 3.03. The molecular formula is C20H19F3N2O4S. The van der Waals surface area contributed by atoms with Crippen molar-refractivity contribution < 1.29 is 32.3 Å². The summed E-state index contributed by atoms with van der Waals surface area (Å²) < 4.78 is 45.3. The van der Waals surface area contributed by atoms with Gasteiger partial charge in [0.2, 0.25) is 11.7 Å². The van der Waals surface area contributed by atoms with Crippen LogP contribution < -0.4 is 5.32 Å². The largest absolute Gasteiger partial charge is 0.457 e. The first-order chi connectivity index (χ1) is 14.0. The van der Waals surface area contributed by atoms with Gasteiger partial charge in [0.15, 0.2) is 6.61 Å². The number of carbonyl (C=O) groups excluding carboxylic acids is 3. The molecule has 10 heteroatoms. The Balaban J connectivity index is 1.60. The summed E-state index contributed by atoms with van der Waals surface area (Å²) in [5, 5.41) is 1.53. The number of rotatable bonds is 5. The number of aryl methyl sites for hydroxylation is 1. The molecule has 1 aromatic heterocycles. The molecule has 0 saturated heterocycles. The number of hydrogen-bond donors (Lipinski definition) is 1. The number of anilines is 1. The van der Waals surface area contributed by atoms with E-state index in [1.165, 1.54) is 6.07 Å². The number of aromatic nitrogens is 1. The van der Waals surface area contributed by atoms with E-state index in [4.69, 9.17) is 4.74 Å². The monoisotopic (exact) mass is 440 g/mol. The number of nitrogens with one attached hydrogen (secondary N) is 1. The number of alkyl halides is 3. The van der Waals surface area contributed by atoms with Gasteiger partial charge in [-0.25, -0.2) is 0 Å². The number of fused-ring (bicyclic) bond motifs is 1. The van der Waals surface area contributed by atoms with Crippen LogP contribution in [0.4, 0.5) is 18.9 Å². The summed E-state index contributed by atoms with van der Waals surface area (Å²) in [6.07, 6.45) is -4.83. The van der Waals surface area contributed by atoms with Crippen molar-refractivity contribution in [3.05, 3.63) is 46.8 Å². The van der Waals surface area contributed by atoms with Crippen molar-refractivity contribution >= 4 is 35.1 Å². The van der Waals surface area contributed by atoms with Crippen LogP contribution in [0.2, 0.25) is 0 Å². The van der Waals surface area contributed by atoms with Crippen molar-refractivity contribution in [1.82, 2.24) is 4.57 Å². The first-order valence-electron chi connectivity index (χ1n) is 8.98. The molecule has 1 aliphatic rings. The fraction of sp³-hybridized carbons (Fsp3) is 0.350. The second kappa shape index (κ2) is 8.17. The number of Topliss-reactive ketones (excluding diaryl/α,β-unsaturated/α-hetero) is 1. The van der Waals surface area contributed by atoms with Gasteiger partial charge in [-0.05, 0) is 38.1 Å². The third kappa shape index (κ3) is 4.53. The molecule has 1 amide bonds. The Morgan fingerprint density at radius 2 is 1.93 bits per heavy atom. The minimum Gasteiger partial charge on any atom is -0.457 e. The van der Waals surface area contributed by atoms with Crippen LogP contribution >= 0.6 is 11.8 Å². The van der Waals surface area contributed by atoms with E-state index in [1.54, 1.807) is 13.0 Å². The third-order valence-corrected chi connectivity index (χ3v) is 6.19. The van der Waals surface area contributed by atoms with E-state index in [0.717, 1.165) is 35.3 Å².